The van der Waals surface area contributed by atoms with Crippen LogP contribution in [0, 0.1) is 5.82 Å². The van der Waals surface area contributed by atoms with Crippen molar-refractivity contribution in [2.24, 2.45) is 5.14 Å². The Morgan fingerprint density at radius 2 is 2.11 bits per heavy atom. The van der Waals surface area contributed by atoms with E-state index in [1.807, 2.05) is 0 Å². The molecule has 0 bridgehead atoms. The minimum atomic E-state index is -3.90. The van der Waals surface area contributed by atoms with Gasteiger partial charge >= 0.3 is 0 Å². The molecule has 0 saturated carbocycles. The summed E-state index contributed by atoms with van der Waals surface area (Å²) in [6.07, 6.45) is -0.234. The Morgan fingerprint density at radius 1 is 1.42 bits per heavy atom. The summed E-state index contributed by atoms with van der Waals surface area (Å²) in [5.74, 6) is -0.696. The van der Waals surface area contributed by atoms with Crippen LogP contribution in [0.15, 0.2) is 23.1 Å². The number of methoxy groups -OCH3 is 2. The number of halogens is 1. The zero-order valence-electron chi connectivity index (χ0n) is 10.7. The highest BCUT2D eigenvalue weighted by Crippen LogP contribution is 2.18. The second kappa shape index (κ2) is 6.80. The maximum absolute atomic E-state index is 13.7. The van der Waals surface area contributed by atoms with Gasteiger partial charge in [-0.05, 0) is 18.2 Å². The van der Waals surface area contributed by atoms with Gasteiger partial charge < -0.3 is 14.8 Å². The van der Waals surface area contributed by atoms with Gasteiger partial charge in [-0.1, -0.05) is 0 Å². The van der Waals surface area contributed by atoms with E-state index in [9.17, 15) is 12.8 Å². The topological polar surface area (TPSA) is 90.6 Å². The lowest BCUT2D eigenvalue weighted by Gasteiger charge is -2.16. The predicted molar refractivity (Wildman–Crippen MR) is 68.9 cm³/mol. The Labute approximate surface area is 111 Å². The second-order valence-corrected chi connectivity index (χ2v) is 5.44. The first-order chi connectivity index (χ1) is 8.88. The molecule has 1 aromatic carbocycles. The predicted octanol–water partition coefficient (Wildman–Crippen LogP) is 0.546. The SMILES string of the molecule is COCC(CNc1ccc(S(N)(=O)=O)cc1F)OC. The molecule has 0 aromatic heterocycles. The van der Waals surface area contributed by atoms with E-state index in [0.717, 1.165) is 6.07 Å². The van der Waals surface area contributed by atoms with Gasteiger partial charge in [-0.2, -0.15) is 0 Å². The van der Waals surface area contributed by atoms with E-state index >= 15 is 0 Å². The number of ether oxygens (including phenoxy) is 2. The Bertz CT molecular complexity index is 521. The van der Waals surface area contributed by atoms with Gasteiger partial charge in [0.2, 0.25) is 10.0 Å². The molecular weight excluding hydrogens is 275 g/mol. The second-order valence-electron chi connectivity index (χ2n) is 3.88. The van der Waals surface area contributed by atoms with Crippen LogP contribution in [0.5, 0.6) is 0 Å². The molecule has 0 radical (unpaired) electrons. The van der Waals surface area contributed by atoms with Crippen LogP contribution in [0.4, 0.5) is 10.1 Å². The Kier molecular flexibility index (Phi) is 5.67. The fourth-order valence-corrected chi connectivity index (χ4v) is 1.96. The van der Waals surface area contributed by atoms with Crippen molar-refractivity contribution in [2.75, 3.05) is 32.7 Å². The number of hydrogen-bond acceptors (Lipinski definition) is 5. The number of sulfonamides is 1. The number of hydrogen-bond donors (Lipinski definition) is 2. The molecule has 1 atom stereocenters. The summed E-state index contributed by atoms with van der Waals surface area (Å²) in [4.78, 5) is -0.268. The van der Waals surface area contributed by atoms with Gasteiger partial charge in [0.1, 0.15) is 5.82 Å². The van der Waals surface area contributed by atoms with Crippen molar-refractivity contribution in [1.29, 1.82) is 0 Å². The number of anilines is 1. The number of nitrogens with two attached hydrogens (primary N) is 1. The largest absolute Gasteiger partial charge is 0.382 e. The highest BCUT2D eigenvalue weighted by Gasteiger charge is 2.13. The quantitative estimate of drug-likeness (QED) is 0.765. The lowest BCUT2D eigenvalue weighted by molar-refractivity contribution is 0.0365. The van der Waals surface area contributed by atoms with Gasteiger partial charge in [-0.25, -0.2) is 17.9 Å². The number of benzene rings is 1. The van der Waals surface area contributed by atoms with Gasteiger partial charge in [-0.15, -0.1) is 0 Å². The highest BCUT2D eigenvalue weighted by atomic mass is 32.2. The monoisotopic (exact) mass is 292 g/mol. The van der Waals surface area contributed by atoms with E-state index in [0.29, 0.717) is 13.2 Å². The van der Waals surface area contributed by atoms with Crippen LogP contribution in [-0.2, 0) is 19.5 Å². The summed E-state index contributed by atoms with van der Waals surface area (Å²) < 4.78 is 45.8. The van der Waals surface area contributed by atoms with Crippen molar-refractivity contribution < 1.29 is 22.3 Å². The third-order valence-corrected chi connectivity index (χ3v) is 3.39. The number of primary sulfonamides is 1. The molecule has 108 valence electrons. The summed E-state index contributed by atoms with van der Waals surface area (Å²) in [6.45, 7) is 0.691. The first-order valence-corrected chi connectivity index (χ1v) is 7.01. The highest BCUT2D eigenvalue weighted by molar-refractivity contribution is 7.89. The molecule has 0 aliphatic heterocycles. The molecule has 1 aromatic rings. The maximum atomic E-state index is 13.7. The molecule has 0 saturated heterocycles. The smallest absolute Gasteiger partial charge is 0.238 e. The van der Waals surface area contributed by atoms with Gasteiger partial charge in [0.25, 0.3) is 0 Å². The normalized spacial score (nSPS) is 13.3. The Balaban J connectivity index is 2.75. The number of nitrogens with one attached hydrogen (secondary N) is 1. The van der Waals surface area contributed by atoms with Crippen molar-refractivity contribution in [3.63, 3.8) is 0 Å². The molecule has 0 amide bonds. The van der Waals surface area contributed by atoms with Crippen molar-refractivity contribution in [3.05, 3.63) is 24.0 Å². The summed E-state index contributed by atoms with van der Waals surface area (Å²) >= 11 is 0. The van der Waals surface area contributed by atoms with Gasteiger partial charge in [-0.3, -0.25) is 0 Å². The van der Waals surface area contributed by atoms with Gasteiger partial charge in [0.05, 0.1) is 23.3 Å². The molecule has 1 rings (SSSR count). The molecule has 0 aliphatic rings. The van der Waals surface area contributed by atoms with Crippen LogP contribution in [0.1, 0.15) is 0 Å². The zero-order valence-corrected chi connectivity index (χ0v) is 11.5. The minimum absolute atomic E-state index is 0.172. The first-order valence-electron chi connectivity index (χ1n) is 5.46. The molecule has 6 nitrogen and oxygen atoms in total. The maximum Gasteiger partial charge on any atom is 0.238 e. The summed E-state index contributed by atoms with van der Waals surface area (Å²) in [5.41, 5.74) is 0.172. The zero-order chi connectivity index (χ0) is 14.5. The van der Waals surface area contributed by atoms with Crippen molar-refractivity contribution >= 4 is 15.7 Å². The van der Waals surface area contributed by atoms with E-state index in [1.54, 1.807) is 0 Å². The first kappa shape index (κ1) is 15.8. The van der Waals surface area contributed by atoms with Crippen molar-refractivity contribution in [3.8, 4) is 0 Å². The van der Waals surface area contributed by atoms with Crippen molar-refractivity contribution in [2.45, 2.75) is 11.0 Å². The van der Waals surface area contributed by atoms with E-state index in [-0.39, 0.29) is 16.7 Å². The average molecular weight is 292 g/mol. The third-order valence-electron chi connectivity index (χ3n) is 2.48. The van der Waals surface area contributed by atoms with E-state index in [1.165, 1.54) is 26.4 Å². The van der Waals surface area contributed by atoms with Gasteiger partial charge in [0.15, 0.2) is 0 Å². The summed E-state index contributed by atoms with van der Waals surface area (Å²) in [5, 5.41) is 7.72. The molecule has 0 aliphatic carbocycles. The van der Waals surface area contributed by atoms with Crippen LogP contribution in [0.2, 0.25) is 0 Å². The summed E-state index contributed by atoms with van der Waals surface area (Å²) in [6, 6.07) is 3.42. The van der Waals surface area contributed by atoms with Crippen LogP contribution < -0.4 is 10.5 Å². The molecule has 8 heteroatoms. The van der Waals surface area contributed by atoms with Crippen molar-refractivity contribution in [1.82, 2.24) is 0 Å². The van der Waals surface area contributed by atoms with Crippen LogP contribution in [0.3, 0.4) is 0 Å². The molecule has 0 spiro atoms. The van der Waals surface area contributed by atoms with Crippen LogP contribution in [-0.4, -0.2) is 41.9 Å². The van der Waals surface area contributed by atoms with E-state index in [4.69, 9.17) is 14.6 Å². The Morgan fingerprint density at radius 3 is 2.58 bits per heavy atom. The van der Waals surface area contributed by atoms with E-state index in [2.05, 4.69) is 5.32 Å². The molecule has 1 unspecified atom stereocenters. The fraction of sp³-hybridized carbons (Fsp3) is 0.455. The van der Waals surface area contributed by atoms with E-state index < -0.39 is 15.8 Å². The minimum Gasteiger partial charge on any atom is -0.382 e. The molecule has 19 heavy (non-hydrogen) atoms. The third kappa shape index (κ3) is 4.75. The fourth-order valence-electron chi connectivity index (χ4n) is 1.44. The summed E-state index contributed by atoms with van der Waals surface area (Å²) in [7, 11) is -0.844. The standard InChI is InChI=1S/C11H17FN2O4S/c1-17-7-8(18-2)6-14-11-4-3-9(5-10(11)12)19(13,15)16/h3-5,8,14H,6-7H2,1-2H3,(H2,13,15,16). The van der Waals surface area contributed by atoms with Crippen LogP contribution in [0.25, 0.3) is 0 Å². The Hall–Kier alpha value is -1.22. The number of rotatable bonds is 7. The molecular formula is C11H17FN2O4S. The molecule has 0 fully saturated rings. The van der Waals surface area contributed by atoms with Gasteiger partial charge in [0, 0.05) is 20.8 Å². The lowest BCUT2D eigenvalue weighted by atomic mass is 10.3. The average Bonchev–Trinajstić information content (AvgIpc) is 2.34. The molecule has 0 heterocycles. The van der Waals surface area contributed by atoms with Crippen LogP contribution >= 0.6 is 0 Å². The lowest BCUT2D eigenvalue weighted by Crippen LogP contribution is -2.26. The molecule has 3 N–H and O–H groups in total.